The minimum atomic E-state index is -0.343. The number of H-pyrrole nitrogens is 1. The molecule has 0 radical (unpaired) electrons. The number of nitrogens with zero attached hydrogens (tertiary/aromatic N) is 3. The standard InChI is InChI=1S/C13H19N5O2/c1-17-12(19)10-11(16-9(7-14)15-10)18(13(17)20)8-5-3-2-4-6-8/h8H,2-7,14H2,1H3,(H,15,16). The SMILES string of the molecule is Cn1c(=O)c2[nH]c(CN)nc2n(C2CCCCC2)c1=O. The molecule has 2 heterocycles. The molecule has 2 aromatic heterocycles. The van der Waals surface area contributed by atoms with Crippen molar-refractivity contribution in [3.63, 3.8) is 0 Å². The summed E-state index contributed by atoms with van der Waals surface area (Å²) in [6.45, 7) is 0.219. The van der Waals surface area contributed by atoms with Gasteiger partial charge in [0.15, 0.2) is 5.65 Å². The highest BCUT2D eigenvalue weighted by Crippen LogP contribution is 2.28. The van der Waals surface area contributed by atoms with Crippen LogP contribution in [0.4, 0.5) is 0 Å². The first-order chi connectivity index (χ1) is 9.63. The third-order valence-corrected chi connectivity index (χ3v) is 4.11. The molecule has 0 atom stereocenters. The van der Waals surface area contributed by atoms with Gasteiger partial charge in [0.25, 0.3) is 5.56 Å². The summed E-state index contributed by atoms with van der Waals surface area (Å²) in [4.78, 5) is 31.9. The molecule has 7 heteroatoms. The topological polar surface area (TPSA) is 98.7 Å². The quantitative estimate of drug-likeness (QED) is 0.829. The van der Waals surface area contributed by atoms with Gasteiger partial charge in [0, 0.05) is 13.1 Å². The van der Waals surface area contributed by atoms with E-state index in [1.807, 2.05) is 0 Å². The van der Waals surface area contributed by atoms with Crippen LogP contribution in [0.25, 0.3) is 11.2 Å². The van der Waals surface area contributed by atoms with E-state index in [4.69, 9.17) is 5.73 Å². The molecule has 1 saturated carbocycles. The van der Waals surface area contributed by atoms with Crippen molar-refractivity contribution in [1.82, 2.24) is 19.1 Å². The van der Waals surface area contributed by atoms with Gasteiger partial charge in [-0.2, -0.15) is 0 Å². The highest BCUT2D eigenvalue weighted by molar-refractivity contribution is 5.70. The first kappa shape index (κ1) is 13.1. The second-order valence-electron chi connectivity index (χ2n) is 5.39. The Hall–Kier alpha value is -1.89. The highest BCUT2D eigenvalue weighted by atomic mass is 16.2. The molecule has 0 saturated heterocycles. The highest BCUT2D eigenvalue weighted by Gasteiger charge is 2.23. The van der Waals surface area contributed by atoms with E-state index in [2.05, 4.69) is 9.97 Å². The monoisotopic (exact) mass is 277 g/mol. The van der Waals surface area contributed by atoms with Gasteiger partial charge in [0.05, 0.1) is 6.54 Å². The summed E-state index contributed by atoms with van der Waals surface area (Å²) in [6.07, 6.45) is 5.33. The Kier molecular flexibility index (Phi) is 3.21. The van der Waals surface area contributed by atoms with E-state index in [9.17, 15) is 9.59 Å². The van der Waals surface area contributed by atoms with Gasteiger partial charge in [-0.05, 0) is 12.8 Å². The summed E-state index contributed by atoms with van der Waals surface area (Å²) in [6, 6.07) is 0.125. The largest absolute Gasteiger partial charge is 0.335 e. The van der Waals surface area contributed by atoms with Crippen molar-refractivity contribution in [3.05, 3.63) is 26.7 Å². The number of nitrogens with two attached hydrogens (primary N) is 1. The Morgan fingerprint density at radius 1 is 1.30 bits per heavy atom. The first-order valence-electron chi connectivity index (χ1n) is 7.03. The van der Waals surface area contributed by atoms with E-state index < -0.39 is 0 Å². The van der Waals surface area contributed by atoms with Crippen molar-refractivity contribution in [3.8, 4) is 0 Å². The fourth-order valence-electron chi connectivity index (χ4n) is 3.01. The van der Waals surface area contributed by atoms with E-state index >= 15 is 0 Å². The third-order valence-electron chi connectivity index (χ3n) is 4.11. The molecule has 2 aromatic rings. The number of aromatic nitrogens is 4. The average molecular weight is 277 g/mol. The molecule has 1 aliphatic rings. The zero-order valence-electron chi connectivity index (χ0n) is 11.6. The van der Waals surface area contributed by atoms with Crippen molar-refractivity contribution in [2.45, 2.75) is 44.7 Å². The van der Waals surface area contributed by atoms with Crippen molar-refractivity contribution in [2.24, 2.45) is 12.8 Å². The Balaban J connectivity index is 2.31. The van der Waals surface area contributed by atoms with Crippen molar-refractivity contribution < 1.29 is 0 Å². The molecule has 0 aromatic carbocycles. The number of rotatable bonds is 2. The van der Waals surface area contributed by atoms with Gasteiger partial charge >= 0.3 is 5.69 Å². The molecule has 0 amide bonds. The van der Waals surface area contributed by atoms with Crippen LogP contribution in [0.15, 0.2) is 9.59 Å². The predicted molar refractivity (Wildman–Crippen MR) is 75.6 cm³/mol. The second-order valence-corrected chi connectivity index (χ2v) is 5.39. The molecule has 0 bridgehead atoms. The minimum Gasteiger partial charge on any atom is -0.335 e. The number of nitrogens with one attached hydrogen (secondary N) is 1. The first-order valence-corrected chi connectivity index (χ1v) is 7.03. The summed E-state index contributed by atoms with van der Waals surface area (Å²) in [5, 5.41) is 0. The van der Waals surface area contributed by atoms with E-state index in [-0.39, 0.29) is 23.8 Å². The molecule has 7 nitrogen and oxygen atoms in total. The normalized spacial score (nSPS) is 16.9. The van der Waals surface area contributed by atoms with Crippen LogP contribution in [0.3, 0.4) is 0 Å². The zero-order valence-corrected chi connectivity index (χ0v) is 11.6. The number of aromatic amines is 1. The van der Waals surface area contributed by atoms with Gasteiger partial charge < -0.3 is 10.7 Å². The van der Waals surface area contributed by atoms with Crippen LogP contribution in [0.1, 0.15) is 44.0 Å². The number of hydrogen-bond acceptors (Lipinski definition) is 4. The van der Waals surface area contributed by atoms with E-state index in [1.165, 1.54) is 13.5 Å². The molecule has 3 N–H and O–H groups in total. The molecule has 0 aliphatic heterocycles. The zero-order chi connectivity index (χ0) is 14.3. The van der Waals surface area contributed by atoms with Crippen molar-refractivity contribution in [1.29, 1.82) is 0 Å². The van der Waals surface area contributed by atoms with Gasteiger partial charge in [-0.25, -0.2) is 9.78 Å². The third kappa shape index (κ3) is 1.89. The average Bonchev–Trinajstić information content (AvgIpc) is 2.90. The molecule has 0 spiro atoms. The Morgan fingerprint density at radius 3 is 2.65 bits per heavy atom. The summed E-state index contributed by atoms with van der Waals surface area (Å²) >= 11 is 0. The molecular formula is C13H19N5O2. The van der Waals surface area contributed by atoms with Crippen LogP contribution in [0.5, 0.6) is 0 Å². The predicted octanol–water partition coefficient (Wildman–Crippen LogP) is 0.387. The van der Waals surface area contributed by atoms with Crippen LogP contribution in [-0.2, 0) is 13.6 Å². The Bertz CT molecular complexity index is 748. The number of hydrogen-bond donors (Lipinski definition) is 2. The van der Waals surface area contributed by atoms with E-state index in [1.54, 1.807) is 4.57 Å². The summed E-state index contributed by atoms with van der Waals surface area (Å²) in [5.41, 5.74) is 5.77. The smallest absolute Gasteiger partial charge is 0.332 e. The fraction of sp³-hybridized carbons (Fsp3) is 0.615. The lowest BCUT2D eigenvalue weighted by atomic mass is 9.95. The van der Waals surface area contributed by atoms with Crippen LogP contribution in [0.2, 0.25) is 0 Å². The maximum Gasteiger partial charge on any atom is 0.332 e. The Labute approximate surface area is 115 Å². The van der Waals surface area contributed by atoms with Crippen LogP contribution in [0, 0.1) is 0 Å². The van der Waals surface area contributed by atoms with Crippen molar-refractivity contribution in [2.75, 3.05) is 0 Å². The summed E-state index contributed by atoms with van der Waals surface area (Å²) in [7, 11) is 1.51. The molecule has 20 heavy (non-hydrogen) atoms. The molecule has 3 rings (SSSR count). The van der Waals surface area contributed by atoms with Gasteiger partial charge in [-0.3, -0.25) is 13.9 Å². The maximum atomic E-state index is 12.4. The summed E-state index contributed by atoms with van der Waals surface area (Å²) < 4.78 is 2.82. The van der Waals surface area contributed by atoms with Crippen LogP contribution in [-0.4, -0.2) is 19.1 Å². The lowest BCUT2D eigenvalue weighted by Gasteiger charge is -2.24. The molecular weight excluding hydrogens is 258 g/mol. The van der Waals surface area contributed by atoms with Crippen molar-refractivity contribution >= 4 is 11.2 Å². The number of fused-ring (bicyclic) bond motifs is 1. The van der Waals surface area contributed by atoms with E-state index in [0.717, 1.165) is 30.3 Å². The Morgan fingerprint density at radius 2 is 2.00 bits per heavy atom. The van der Waals surface area contributed by atoms with Gasteiger partial charge in [0.2, 0.25) is 0 Å². The molecule has 0 unspecified atom stereocenters. The minimum absolute atomic E-state index is 0.125. The number of imidazole rings is 1. The molecule has 108 valence electrons. The van der Waals surface area contributed by atoms with Gasteiger partial charge in [-0.15, -0.1) is 0 Å². The maximum absolute atomic E-state index is 12.4. The van der Waals surface area contributed by atoms with Gasteiger partial charge in [-0.1, -0.05) is 19.3 Å². The summed E-state index contributed by atoms with van der Waals surface area (Å²) in [5.74, 6) is 0.534. The van der Waals surface area contributed by atoms with Crippen LogP contribution >= 0.6 is 0 Å². The lowest BCUT2D eigenvalue weighted by molar-refractivity contribution is 0.345. The van der Waals surface area contributed by atoms with Crippen LogP contribution < -0.4 is 17.0 Å². The lowest BCUT2D eigenvalue weighted by Crippen LogP contribution is -2.40. The fourth-order valence-corrected chi connectivity index (χ4v) is 3.01. The second kappa shape index (κ2) is 4.90. The molecule has 1 aliphatic carbocycles. The van der Waals surface area contributed by atoms with E-state index in [0.29, 0.717) is 17.0 Å². The molecule has 1 fully saturated rings. The van der Waals surface area contributed by atoms with Gasteiger partial charge in [0.1, 0.15) is 11.3 Å².